The van der Waals surface area contributed by atoms with Crippen molar-refractivity contribution in [3.63, 3.8) is 0 Å². The molecule has 4 nitrogen and oxygen atoms in total. The zero-order valence-corrected chi connectivity index (χ0v) is 13.2. The van der Waals surface area contributed by atoms with E-state index in [-0.39, 0.29) is 14.9 Å². The smallest absolute Gasteiger partial charge is 0.242 e. The predicted octanol–water partition coefficient (Wildman–Crippen LogP) is 2.46. The normalized spacial score (nSPS) is 12.4. The maximum atomic E-state index is 12.4. The topological polar surface area (TPSA) is 72.2 Å². The van der Waals surface area contributed by atoms with E-state index in [4.69, 9.17) is 29.6 Å². The molecule has 0 saturated heterocycles. The third kappa shape index (κ3) is 3.45. The van der Waals surface area contributed by atoms with E-state index in [0.29, 0.717) is 12.8 Å². The first-order valence-electron chi connectivity index (χ1n) is 5.87. The second-order valence-corrected chi connectivity index (χ2v) is 6.69. The lowest BCUT2D eigenvalue weighted by Gasteiger charge is -2.31. The highest BCUT2D eigenvalue weighted by molar-refractivity contribution is 7.89. The second-order valence-electron chi connectivity index (χ2n) is 4.19. The van der Waals surface area contributed by atoms with Gasteiger partial charge in [0.25, 0.3) is 0 Å². The van der Waals surface area contributed by atoms with E-state index in [1.807, 2.05) is 13.8 Å². The summed E-state index contributed by atoms with van der Waals surface area (Å²) in [6, 6.07) is 6.25. The molecule has 7 heteroatoms. The Balaban J connectivity index is 3.23. The maximum Gasteiger partial charge on any atom is 0.242 e. The van der Waals surface area contributed by atoms with Crippen LogP contribution in [0.2, 0.25) is 5.02 Å². The van der Waals surface area contributed by atoms with E-state index < -0.39 is 15.6 Å². The van der Waals surface area contributed by atoms with Gasteiger partial charge in [0, 0.05) is 0 Å². The quantitative estimate of drug-likeness (QED) is 0.790. The van der Waals surface area contributed by atoms with Crippen LogP contribution in [0, 0.1) is 0 Å². The number of hydrogen-bond acceptors (Lipinski definition) is 3. The minimum atomic E-state index is -3.77. The lowest BCUT2D eigenvalue weighted by molar-refractivity contribution is 0.466. The molecule has 0 heterocycles. The summed E-state index contributed by atoms with van der Waals surface area (Å²) in [4.78, 5) is 0.160. The van der Waals surface area contributed by atoms with E-state index in [2.05, 4.69) is 4.72 Å². The Morgan fingerprint density at radius 2 is 1.89 bits per heavy atom. The molecular formula is C12H17ClN2O2S2. The molecule has 0 fully saturated rings. The van der Waals surface area contributed by atoms with Gasteiger partial charge in [-0.25, -0.2) is 8.42 Å². The highest BCUT2D eigenvalue weighted by Gasteiger charge is 2.35. The molecule has 0 amide bonds. The van der Waals surface area contributed by atoms with Crippen molar-refractivity contribution < 1.29 is 8.42 Å². The molecule has 0 aromatic heterocycles. The van der Waals surface area contributed by atoms with Crippen LogP contribution in [-0.4, -0.2) is 18.9 Å². The van der Waals surface area contributed by atoms with Crippen LogP contribution < -0.4 is 10.5 Å². The molecule has 0 bridgehead atoms. The first kappa shape index (κ1) is 16.4. The van der Waals surface area contributed by atoms with Crippen LogP contribution in [0.4, 0.5) is 0 Å². The average Bonchev–Trinajstić information content (AvgIpc) is 2.36. The molecule has 0 aliphatic rings. The van der Waals surface area contributed by atoms with Crippen molar-refractivity contribution in [3.05, 3.63) is 29.3 Å². The van der Waals surface area contributed by atoms with Gasteiger partial charge in [0.05, 0.1) is 15.6 Å². The van der Waals surface area contributed by atoms with E-state index in [1.165, 1.54) is 12.1 Å². The van der Waals surface area contributed by atoms with E-state index in [1.54, 1.807) is 12.1 Å². The highest BCUT2D eigenvalue weighted by Crippen LogP contribution is 2.24. The second kappa shape index (κ2) is 6.17. The molecule has 19 heavy (non-hydrogen) atoms. The minimum absolute atomic E-state index is 0.0270. The number of rotatable bonds is 6. The molecule has 106 valence electrons. The minimum Gasteiger partial charge on any atom is -0.392 e. The molecule has 0 radical (unpaired) electrons. The highest BCUT2D eigenvalue weighted by atomic mass is 35.5. The van der Waals surface area contributed by atoms with Gasteiger partial charge in [0.2, 0.25) is 10.0 Å². The number of hydrogen-bond donors (Lipinski definition) is 2. The van der Waals surface area contributed by atoms with Crippen molar-refractivity contribution >= 4 is 38.8 Å². The van der Waals surface area contributed by atoms with Crippen molar-refractivity contribution in [2.24, 2.45) is 5.73 Å². The SMILES string of the molecule is CCC(CC)(NS(=O)(=O)c1ccccc1Cl)C(N)=S. The van der Waals surface area contributed by atoms with Gasteiger partial charge in [-0.3, -0.25) is 0 Å². The Morgan fingerprint density at radius 1 is 1.37 bits per heavy atom. The van der Waals surface area contributed by atoms with Crippen LogP contribution in [0.3, 0.4) is 0 Å². The molecule has 0 atom stereocenters. The first-order valence-corrected chi connectivity index (χ1v) is 8.14. The monoisotopic (exact) mass is 320 g/mol. The number of nitrogens with one attached hydrogen (secondary N) is 1. The largest absolute Gasteiger partial charge is 0.392 e. The van der Waals surface area contributed by atoms with Crippen molar-refractivity contribution in [2.75, 3.05) is 0 Å². The van der Waals surface area contributed by atoms with Crippen LogP contribution in [0.15, 0.2) is 29.2 Å². The Kier molecular flexibility index (Phi) is 5.32. The van der Waals surface area contributed by atoms with Crippen LogP contribution in [0.25, 0.3) is 0 Å². The van der Waals surface area contributed by atoms with Gasteiger partial charge < -0.3 is 5.73 Å². The van der Waals surface area contributed by atoms with Gasteiger partial charge in [-0.2, -0.15) is 4.72 Å². The van der Waals surface area contributed by atoms with Crippen molar-refractivity contribution in [3.8, 4) is 0 Å². The summed E-state index contributed by atoms with van der Waals surface area (Å²) in [5, 5.41) is 0.166. The molecule has 0 saturated carbocycles. The van der Waals surface area contributed by atoms with Gasteiger partial charge >= 0.3 is 0 Å². The van der Waals surface area contributed by atoms with E-state index in [9.17, 15) is 8.42 Å². The molecule has 0 aliphatic heterocycles. The standard InChI is InChI=1S/C12H17ClN2O2S2/c1-3-12(4-2,11(14)18)15-19(16,17)10-8-6-5-7-9(10)13/h5-8,15H,3-4H2,1-2H3,(H2,14,18). The van der Waals surface area contributed by atoms with Crippen LogP contribution in [0.1, 0.15) is 26.7 Å². The zero-order valence-electron chi connectivity index (χ0n) is 10.8. The van der Waals surface area contributed by atoms with Crippen LogP contribution in [0.5, 0.6) is 0 Å². The van der Waals surface area contributed by atoms with Gasteiger partial charge in [0.1, 0.15) is 4.90 Å². The number of sulfonamides is 1. The van der Waals surface area contributed by atoms with Crippen LogP contribution in [-0.2, 0) is 10.0 Å². The molecule has 0 spiro atoms. The summed E-state index contributed by atoms with van der Waals surface area (Å²) in [6.07, 6.45) is 0.949. The number of nitrogens with two attached hydrogens (primary N) is 1. The summed E-state index contributed by atoms with van der Waals surface area (Å²) in [6.45, 7) is 3.66. The fourth-order valence-corrected chi connectivity index (χ4v) is 4.22. The Morgan fingerprint density at radius 3 is 2.32 bits per heavy atom. The zero-order chi connectivity index (χ0) is 14.7. The molecule has 0 unspecified atom stereocenters. The van der Waals surface area contributed by atoms with E-state index >= 15 is 0 Å². The number of benzene rings is 1. The molecule has 1 aromatic rings. The summed E-state index contributed by atoms with van der Waals surface area (Å²) in [7, 11) is -3.77. The fourth-order valence-electron chi connectivity index (χ4n) is 1.77. The van der Waals surface area contributed by atoms with Gasteiger partial charge in [-0.15, -0.1) is 0 Å². The van der Waals surface area contributed by atoms with Crippen molar-refractivity contribution in [1.82, 2.24) is 4.72 Å². The maximum absolute atomic E-state index is 12.4. The van der Waals surface area contributed by atoms with E-state index in [0.717, 1.165) is 0 Å². The summed E-state index contributed by atoms with van der Waals surface area (Å²) in [5.41, 5.74) is 4.76. The third-order valence-electron chi connectivity index (χ3n) is 3.13. The van der Waals surface area contributed by atoms with Gasteiger partial charge in [-0.1, -0.05) is 49.8 Å². The summed E-state index contributed by atoms with van der Waals surface area (Å²) < 4.78 is 27.3. The lowest BCUT2D eigenvalue weighted by Crippen LogP contribution is -2.55. The first-order chi connectivity index (χ1) is 8.79. The molecule has 1 aromatic carbocycles. The molecular weight excluding hydrogens is 304 g/mol. The van der Waals surface area contributed by atoms with Crippen LogP contribution >= 0.6 is 23.8 Å². The Labute approximate surface area is 124 Å². The Bertz CT molecular complexity index is 569. The third-order valence-corrected chi connectivity index (χ3v) is 5.56. The Hall–Kier alpha value is -0.690. The molecule has 1 rings (SSSR count). The predicted molar refractivity (Wildman–Crippen MR) is 81.9 cm³/mol. The summed E-state index contributed by atoms with van der Waals surface area (Å²) >= 11 is 10.9. The molecule has 0 aliphatic carbocycles. The number of thiocarbonyl (C=S) groups is 1. The van der Waals surface area contributed by atoms with Crippen molar-refractivity contribution in [1.29, 1.82) is 0 Å². The lowest BCUT2D eigenvalue weighted by atomic mass is 9.94. The fraction of sp³-hybridized carbons (Fsp3) is 0.417. The summed E-state index contributed by atoms with van der Waals surface area (Å²) in [5.74, 6) is 0. The van der Waals surface area contributed by atoms with Gasteiger partial charge in [-0.05, 0) is 25.0 Å². The van der Waals surface area contributed by atoms with Crippen molar-refractivity contribution in [2.45, 2.75) is 37.1 Å². The molecule has 3 N–H and O–H groups in total. The average molecular weight is 321 g/mol. The van der Waals surface area contributed by atoms with Gasteiger partial charge in [0.15, 0.2) is 0 Å². The number of halogens is 1.